The summed E-state index contributed by atoms with van der Waals surface area (Å²) < 4.78 is 21.6. The Morgan fingerprint density at radius 3 is 2.30 bits per heavy atom. The molecule has 2 aromatic carbocycles. The molecule has 5 nitrogen and oxygen atoms in total. The van der Waals surface area contributed by atoms with Crippen LogP contribution in [0.15, 0.2) is 30.3 Å². The van der Waals surface area contributed by atoms with E-state index in [4.69, 9.17) is 18.9 Å². The molecular formula is C18H18O5. The van der Waals surface area contributed by atoms with Crippen LogP contribution in [-0.4, -0.2) is 27.3 Å². The molecule has 1 heterocycles. The molecule has 1 atom stereocenters. The predicted octanol–water partition coefficient (Wildman–Crippen LogP) is 3.28. The zero-order valence-corrected chi connectivity index (χ0v) is 13.5. The second-order valence-corrected chi connectivity index (χ2v) is 5.32. The Labute approximate surface area is 134 Å². The Hall–Kier alpha value is -2.69. The number of carbonyl (C=O) groups is 1. The Balaban J connectivity index is 2.19. The number of hydrogen-bond acceptors (Lipinski definition) is 5. The third-order valence-electron chi connectivity index (χ3n) is 3.93. The van der Waals surface area contributed by atoms with E-state index in [0.717, 1.165) is 16.7 Å². The fraction of sp³-hybridized carbons (Fsp3) is 0.278. The minimum Gasteiger partial charge on any atom is -0.497 e. The topological polar surface area (TPSA) is 54.0 Å². The molecular weight excluding hydrogens is 296 g/mol. The van der Waals surface area contributed by atoms with Gasteiger partial charge in [-0.25, -0.2) is 4.79 Å². The molecule has 5 heteroatoms. The van der Waals surface area contributed by atoms with Gasteiger partial charge in [-0.05, 0) is 36.8 Å². The fourth-order valence-electron chi connectivity index (χ4n) is 2.87. The second-order valence-electron chi connectivity index (χ2n) is 5.32. The van der Waals surface area contributed by atoms with Crippen LogP contribution in [0, 0.1) is 6.92 Å². The molecule has 0 N–H and O–H groups in total. The maximum atomic E-state index is 12.3. The summed E-state index contributed by atoms with van der Waals surface area (Å²) in [5.74, 6) is 1.43. The first-order chi connectivity index (χ1) is 11.1. The van der Waals surface area contributed by atoms with Crippen molar-refractivity contribution < 1.29 is 23.7 Å². The highest BCUT2D eigenvalue weighted by Crippen LogP contribution is 2.44. The smallest absolute Gasteiger partial charge is 0.343 e. The molecule has 23 heavy (non-hydrogen) atoms. The van der Waals surface area contributed by atoms with E-state index in [1.54, 1.807) is 33.5 Å². The summed E-state index contributed by atoms with van der Waals surface area (Å²) in [6.45, 7) is 1.95. The molecule has 1 aliphatic heterocycles. The van der Waals surface area contributed by atoms with Gasteiger partial charge in [-0.3, -0.25) is 0 Å². The molecule has 3 rings (SSSR count). The second kappa shape index (κ2) is 5.83. The first kappa shape index (κ1) is 15.2. The molecule has 0 aliphatic carbocycles. The monoisotopic (exact) mass is 314 g/mol. The van der Waals surface area contributed by atoms with Crippen LogP contribution in [0.5, 0.6) is 17.2 Å². The molecule has 1 unspecified atom stereocenters. The van der Waals surface area contributed by atoms with Gasteiger partial charge in [-0.1, -0.05) is 6.07 Å². The summed E-state index contributed by atoms with van der Waals surface area (Å²) in [4.78, 5) is 12.3. The van der Waals surface area contributed by atoms with Crippen molar-refractivity contribution in [3.05, 3.63) is 52.6 Å². The number of hydrogen-bond donors (Lipinski definition) is 0. The van der Waals surface area contributed by atoms with E-state index in [1.807, 2.05) is 25.1 Å². The molecule has 0 bridgehead atoms. The average Bonchev–Trinajstić information content (AvgIpc) is 2.90. The van der Waals surface area contributed by atoms with Crippen LogP contribution in [0.2, 0.25) is 0 Å². The zero-order valence-electron chi connectivity index (χ0n) is 13.5. The van der Waals surface area contributed by atoms with Gasteiger partial charge in [-0.2, -0.15) is 0 Å². The largest absolute Gasteiger partial charge is 0.497 e. The zero-order chi connectivity index (χ0) is 16.6. The Morgan fingerprint density at radius 1 is 0.913 bits per heavy atom. The summed E-state index contributed by atoms with van der Waals surface area (Å²) >= 11 is 0. The lowest BCUT2D eigenvalue weighted by Crippen LogP contribution is -2.04. The molecule has 0 aromatic heterocycles. The molecule has 0 radical (unpaired) electrons. The van der Waals surface area contributed by atoms with Crippen molar-refractivity contribution in [1.29, 1.82) is 0 Å². The van der Waals surface area contributed by atoms with Gasteiger partial charge in [-0.15, -0.1) is 0 Å². The minimum atomic E-state index is -0.545. The van der Waals surface area contributed by atoms with Gasteiger partial charge in [0.1, 0.15) is 22.8 Å². The van der Waals surface area contributed by atoms with Gasteiger partial charge in [0.25, 0.3) is 0 Å². The summed E-state index contributed by atoms with van der Waals surface area (Å²) in [5.41, 5.74) is 2.98. The van der Waals surface area contributed by atoms with Crippen LogP contribution in [0.25, 0.3) is 0 Å². The van der Waals surface area contributed by atoms with Crippen molar-refractivity contribution in [3.8, 4) is 17.2 Å². The lowest BCUT2D eigenvalue weighted by Gasteiger charge is -2.16. The Kier molecular flexibility index (Phi) is 3.86. The fourth-order valence-corrected chi connectivity index (χ4v) is 2.87. The van der Waals surface area contributed by atoms with E-state index in [2.05, 4.69) is 0 Å². The quantitative estimate of drug-likeness (QED) is 0.811. The van der Waals surface area contributed by atoms with Crippen LogP contribution in [-0.2, 0) is 4.74 Å². The molecule has 0 saturated carbocycles. The Morgan fingerprint density at radius 2 is 1.65 bits per heavy atom. The SMILES string of the molecule is COc1ccc(OC)c(C2OC(=O)c3c(OC)cc(C)cc32)c1. The van der Waals surface area contributed by atoms with Crippen molar-refractivity contribution in [3.63, 3.8) is 0 Å². The normalized spacial score (nSPS) is 15.8. The first-order valence-electron chi connectivity index (χ1n) is 7.20. The van der Waals surface area contributed by atoms with Crippen molar-refractivity contribution in [2.45, 2.75) is 13.0 Å². The molecule has 1 aliphatic rings. The maximum absolute atomic E-state index is 12.3. The Bertz CT molecular complexity index is 766. The van der Waals surface area contributed by atoms with Gasteiger partial charge in [0.15, 0.2) is 6.10 Å². The number of rotatable bonds is 4. The maximum Gasteiger partial charge on any atom is 0.343 e. The third kappa shape index (κ3) is 2.48. The van der Waals surface area contributed by atoms with Crippen LogP contribution in [0.4, 0.5) is 0 Å². The standard InChI is InChI=1S/C18H18O5/c1-10-7-13-16(15(8-10)22-4)18(19)23-17(13)12-9-11(20-2)5-6-14(12)21-3/h5-9,17H,1-4H3. The van der Waals surface area contributed by atoms with E-state index >= 15 is 0 Å². The van der Waals surface area contributed by atoms with E-state index in [-0.39, 0.29) is 0 Å². The number of fused-ring (bicyclic) bond motifs is 1. The molecule has 0 amide bonds. The van der Waals surface area contributed by atoms with Gasteiger partial charge >= 0.3 is 5.97 Å². The average molecular weight is 314 g/mol. The third-order valence-corrected chi connectivity index (χ3v) is 3.93. The number of aryl methyl sites for hydroxylation is 1. The first-order valence-corrected chi connectivity index (χ1v) is 7.20. The molecule has 0 spiro atoms. The van der Waals surface area contributed by atoms with Crippen molar-refractivity contribution in [1.82, 2.24) is 0 Å². The molecule has 0 saturated heterocycles. The van der Waals surface area contributed by atoms with Gasteiger partial charge in [0.2, 0.25) is 0 Å². The number of methoxy groups -OCH3 is 3. The predicted molar refractivity (Wildman–Crippen MR) is 84.5 cm³/mol. The lowest BCUT2D eigenvalue weighted by atomic mass is 9.96. The molecule has 0 fully saturated rings. The summed E-state index contributed by atoms with van der Waals surface area (Å²) in [6.07, 6.45) is -0.545. The summed E-state index contributed by atoms with van der Waals surface area (Å²) in [5, 5.41) is 0. The van der Waals surface area contributed by atoms with Gasteiger partial charge < -0.3 is 18.9 Å². The van der Waals surface area contributed by atoms with E-state index < -0.39 is 12.1 Å². The van der Waals surface area contributed by atoms with E-state index in [0.29, 0.717) is 22.8 Å². The van der Waals surface area contributed by atoms with Gasteiger partial charge in [0.05, 0.1) is 21.3 Å². The highest BCUT2D eigenvalue weighted by atomic mass is 16.6. The molecule has 2 aromatic rings. The van der Waals surface area contributed by atoms with Crippen molar-refractivity contribution in [2.24, 2.45) is 0 Å². The minimum absolute atomic E-state index is 0.397. The number of carbonyl (C=O) groups excluding carboxylic acids is 1. The number of cyclic esters (lactones) is 1. The lowest BCUT2D eigenvalue weighted by molar-refractivity contribution is 0.0450. The number of esters is 1. The number of ether oxygens (including phenoxy) is 4. The van der Waals surface area contributed by atoms with Crippen LogP contribution >= 0.6 is 0 Å². The van der Waals surface area contributed by atoms with Crippen molar-refractivity contribution >= 4 is 5.97 Å². The molecule has 120 valence electrons. The highest BCUT2D eigenvalue weighted by Gasteiger charge is 2.37. The van der Waals surface area contributed by atoms with E-state index in [9.17, 15) is 4.79 Å². The van der Waals surface area contributed by atoms with Gasteiger partial charge in [0, 0.05) is 11.1 Å². The van der Waals surface area contributed by atoms with Crippen LogP contribution in [0.3, 0.4) is 0 Å². The van der Waals surface area contributed by atoms with Crippen LogP contribution in [0.1, 0.15) is 33.2 Å². The van der Waals surface area contributed by atoms with E-state index in [1.165, 1.54) is 0 Å². The number of benzene rings is 2. The summed E-state index contributed by atoms with van der Waals surface area (Å²) in [7, 11) is 4.72. The highest BCUT2D eigenvalue weighted by molar-refractivity contribution is 5.97. The van der Waals surface area contributed by atoms with Crippen LogP contribution < -0.4 is 14.2 Å². The summed E-state index contributed by atoms with van der Waals surface area (Å²) in [6, 6.07) is 9.18. The van der Waals surface area contributed by atoms with Crippen molar-refractivity contribution in [2.75, 3.05) is 21.3 Å².